The van der Waals surface area contributed by atoms with Crippen LogP contribution in [0.1, 0.15) is 0 Å². The molecule has 0 saturated heterocycles. The van der Waals surface area contributed by atoms with Crippen LogP contribution in [0.15, 0.2) is 197 Å². The minimum absolute atomic E-state index is 0.00523. The maximum Gasteiger partial charge on any atom is 0.263 e. The van der Waals surface area contributed by atoms with Gasteiger partial charge in [0.05, 0.1) is 33.1 Å². The van der Waals surface area contributed by atoms with Gasteiger partial charge in [-0.25, -0.2) is 0 Å². The molecular formula is C55H31N3O2. The smallest absolute Gasteiger partial charge is 0.263 e. The topological polar surface area (TPSA) is 44.5 Å². The van der Waals surface area contributed by atoms with Gasteiger partial charge < -0.3 is 13.6 Å². The van der Waals surface area contributed by atoms with Crippen LogP contribution in [0.25, 0.3) is 126 Å². The van der Waals surface area contributed by atoms with Crippen LogP contribution in [0.3, 0.4) is 0 Å². The van der Waals surface area contributed by atoms with E-state index in [4.69, 9.17) is 4.42 Å². The molecule has 0 radical (unpaired) electrons. The predicted octanol–water partition coefficient (Wildman–Crippen LogP) is 14.0. The summed E-state index contributed by atoms with van der Waals surface area (Å²) in [5.41, 5.74) is 12.5. The molecule has 9 aromatic carbocycles. The Bertz CT molecular complexity index is 4200. The highest BCUT2D eigenvalue weighted by atomic mass is 16.3. The molecule has 5 nitrogen and oxygen atoms in total. The normalized spacial score (nSPS) is 12.4. The lowest BCUT2D eigenvalue weighted by Crippen LogP contribution is -2.12. The van der Waals surface area contributed by atoms with Crippen LogP contribution >= 0.6 is 0 Å². The van der Waals surface area contributed by atoms with E-state index >= 15 is 0 Å². The number of nitrogens with zero attached hydrogens (tertiary/aromatic N) is 3. The predicted molar refractivity (Wildman–Crippen MR) is 249 cm³/mol. The molecule has 0 unspecified atom stereocenters. The molecule has 60 heavy (non-hydrogen) atoms. The minimum Gasteiger partial charge on any atom is -0.456 e. The van der Waals surface area contributed by atoms with Crippen LogP contribution in [-0.4, -0.2) is 13.5 Å². The molecule has 0 saturated carbocycles. The molecule has 0 aliphatic rings. The highest BCUT2D eigenvalue weighted by molar-refractivity contribution is 6.22. The molecule has 14 rings (SSSR count). The number of para-hydroxylation sites is 5. The zero-order valence-corrected chi connectivity index (χ0v) is 32.1. The number of pyridine rings is 1. The number of aromatic nitrogens is 3. The first-order valence-electron chi connectivity index (χ1n) is 20.4. The van der Waals surface area contributed by atoms with Crippen LogP contribution in [0.2, 0.25) is 0 Å². The third kappa shape index (κ3) is 4.08. The number of hydrogen-bond donors (Lipinski definition) is 0. The largest absolute Gasteiger partial charge is 0.456 e. The van der Waals surface area contributed by atoms with E-state index in [0.717, 1.165) is 93.6 Å². The second-order valence-corrected chi connectivity index (χ2v) is 16.0. The Balaban J connectivity index is 1.02. The van der Waals surface area contributed by atoms with Gasteiger partial charge in [-0.15, -0.1) is 0 Å². The Morgan fingerprint density at radius 3 is 1.72 bits per heavy atom. The van der Waals surface area contributed by atoms with Gasteiger partial charge in [0.2, 0.25) is 0 Å². The standard InChI is InChI=1S/C55H31N3O2/c59-55-41-26-24-32(28-42(41)40-19-10-18-39-36-14-4-9-22-48(36)58(55)54(39)40)35-17-11-23-52-53(35)45-29-34(25-27-51(45)60-52)57-47-21-8-6-16-38(47)44-30-43-37-15-5-7-20-46(37)56(49(43)31-50(44)57)33-12-2-1-3-13-33/h1-31H. The van der Waals surface area contributed by atoms with Crippen LogP contribution in [0, 0.1) is 0 Å². The summed E-state index contributed by atoms with van der Waals surface area (Å²) >= 11 is 0. The second-order valence-electron chi connectivity index (χ2n) is 16.0. The molecule has 0 bridgehead atoms. The summed E-state index contributed by atoms with van der Waals surface area (Å²) in [7, 11) is 0. The summed E-state index contributed by atoms with van der Waals surface area (Å²) in [4.78, 5) is 14.3. The van der Waals surface area contributed by atoms with E-state index in [2.05, 4.69) is 173 Å². The Labute approximate surface area is 341 Å². The van der Waals surface area contributed by atoms with Gasteiger partial charge in [-0.1, -0.05) is 109 Å². The second kappa shape index (κ2) is 11.5. The first-order valence-corrected chi connectivity index (χ1v) is 20.4. The molecule has 5 heterocycles. The van der Waals surface area contributed by atoms with Crippen molar-refractivity contribution < 1.29 is 4.42 Å². The number of benzene rings is 9. The fraction of sp³-hybridized carbons (Fsp3) is 0. The van der Waals surface area contributed by atoms with Gasteiger partial charge in [0, 0.05) is 65.2 Å². The lowest BCUT2D eigenvalue weighted by atomic mass is 9.95. The summed E-state index contributed by atoms with van der Waals surface area (Å²) in [5.74, 6) is 0. The Morgan fingerprint density at radius 1 is 0.350 bits per heavy atom. The van der Waals surface area contributed by atoms with Crippen LogP contribution in [-0.2, 0) is 0 Å². The Hall–Kier alpha value is -8.15. The molecule has 0 amide bonds. The van der Waals surface area contributed by atoms with Crippen molar-refractivity contribution in [3.8, 4) is 22.5 Å². The summed E-state index contributed by atoms with van der Waals surface area (Å²) in [6.07, 6.45) is 0. The van der Waals surface area contributed by atoms with Crippen LogP contribution in [0.4, 0.5) is 0 Å². The number of fused-ring (bicyclic) bond motifs is 14. The molecular weight excluding hydrogens is 735 g/mol. The maximum atomic E-state index is 14.3. The average Bonchev–Trinajstić information content (AvgIpc) is 4.04. The minimum atomic E-state index is 0.00523. The molecule has 0 fully saturated rings. The monoisotopic (exact) mass is 765 g/mol. The molecule has 278 valence electrons. The van der Waals surface area contributed by atoms with Crippen molar-refractivity contribution in [2.24, 2.45) is 0 Å². The number of furan rings is 1. The van der Waals surface area contributed by atoms with Crippen molar-refractivity contribution >= 4 is 104 Å². The molecule has 14 aromatic rings. The third-order valence-electron chi connectivity index (χ3n) is 13.0. The van der Waals surface area contributed by atoms with Gasteiger partial charge in [-0.2, -0.15) is 0 Å². The Kier molecular flexibility index (Phi) is 6.11. The SMILES string of the molecule is O=c1c2ccc(-c3cccc4oc5ccc(-n6c7ccccc7c7cc8c9ccccc9n(-c9ccccc9)c8cc76)cc5c34)cc2c2cccc3c4ccccc4n1c23. The van der Waals surface area contributed by atoms with Gasteiger partial charge in [0.15, 0.2) is 0 Å². The van der Waals surface area contributed by atoms with Gasteiger partial charge in [-0.05, 0) is 95.4 Å². The molecule has 0 spiro atoms. The maximum absolute atomic E-state index is 14.3. The van der Waals surface area contributed by atoms with Crippen molar-refractivity contribution in [2.45, 2.75) is 0 Å². The molecule has 5 heteroatoms. The van der Waals surface area contributed by atoms with Crippen molar-refractivity contribution in [3.63, 3.8) is 0 Å². The molecule has 0 aliphatic carbocycles. The van der Waals surface area contributed by atoms with E-state index in [1.165, 1.54) is 27.1 Å². The highest BCUT2D eigenvalue weighted by Crippen LogP contribution is 2.43. The number of hydrogen-bond acceptors (Lipinski definition) is 2. The van der Waals surface area contributed by atoms with E-state index in [-0.39, 0.29) is 5.56 Å². The van der Waals surface area contributed by atoms with E-state index in [1.807, 2.05) is 28.7 Å². The lowest BCUT2D eigenvalue weighted by molar-refractivity contribution is 0.669. The molecule has 0 aliphatic heterocycles. The molecule has 5 aromatic heterocycles. The highest BCUT2D eigenvalue weighted by Gasteiger charge is 2.21. The van der Waals surface area contributed by atoms with Gasteiger partial charge in [0.25, 0.3) is 5.56 Å². The fourth-order valence-electron chi connectivity index (χ4n) is 10.4. The van der Waals surface area contributed by atoms with E-state index in [0.29, 0.717) is 5.39 Å². The quantitative estimate of drug-likeness (QED) is 0.168. The van der Waals surface area contributed by atoms with E-state index < -0.39 is 0 Å². The van der Waals surface area contributed by atoms with Gasteiger partial charge >= 0.3 is 0 Å². The zero-order valence-electron chi connectivity index (χ0n) is 32.1. The first-order chi connectivity index (χ1) is 29.7. The number of rotatable bonds is 3. The fourth-order valence-corrected chi connectivity index (χ4v) is 10.4. The molecule has 0 atom stereocenters. The Morgan fingerprint density at radius 2 is 0.967 bits per heavy atom. The summed E-state index contributed by atoms with van der Waals surface area (Å²) in [6.45, 7) is 0. The van der Waals surface area contributed by atoms with Crippen molar-refractivity contribution in [3.05, 3.63) is 198 Å². The van der Waals surface area contributed by atoms with Gasteiger partial charge in [0.1, 0.15) is 11.2 Å². The van der Waals surface area contributed by atoms with Crippen LogP contribution in [0.5, 0.6) is 0 Å². The van der Waals surface area contributed by atoms with Crippen molar-refractivity contribution in [1.29, 1.82) is 0 Å². The zero-order chi connectivity index (χ0) is 39.2. The first kappa shape index (κ1) is 31.9. The lowest BCUT2D eigenvalue weighted by Gasteiger charge is -2.11. The average molecular weight is 766 g/mol. The van der Waals surface area contributed by atoms with E-state index in [9.17, 15) is 4.79 Å². The summed E-state index contributed by atoms with van der Waals surface area (Å²) < 4.78 is 13.3. The van der Waals surface area contributed by atoms with Gasteiger partial charge in [-0.3, -0.25) is 9.20 Å². The van der Waals surface area contributed by atoms with Crippen molar-refractivity contribution in [1.82, 2.24) is 13.5 Å². The van der Waals surface area contributed by atoms with Crippen molar-refractivity contribution in [2.75, 3.05) is 0 Å². The summed E-state index contributed by atoms with van der Waals surface area (Å²) in [6, 6.07) is 66.6. The third-order valence-corrected chi connectivity index (χ3v) is 13.0. The van der Waals surface area contributed by atoms with Crippen LogP contribution < -0.4 is 5.56 Å². The summed E-state index contributed by atoms with van der Waals surface area (Å²) in [5, 5.41) is 11.9. The molecule has 0 N–H and O–H groups in total. The van der Waals surface area contributed by atoms with E-state index in [1.54, 1.807) is 0 Å².